The molecule has 0 unspecified atom stereocenters. The van der Waals surface area contributed by atoms with Crippen LogP contribution in [-0.2, 0) is 6.54 Å². The molecule has 0 saturated carbocycles. The molecule has 1 aliphatic heterocycles. The van der Waals surface area contributed by atoms with E-state index < -0.39 is 0 Å². The van der Waals surface area contributed by atoms with E-state index in [2.05, 4.69) is 46.3 Å². The van der Waals surface area contributed by atoms with Crippen LogP contribution in [-0.4, -0.2) is 56.5 Å². The highest BCUT2D eigenvalue weighted by atomic mass is 16.2. The molecule has 0 N–H and O–H groups in total. The zero-order valence-corrected chi connectivity index (χ0v) is 18.5. The number of hydrogen-bond acceptors (Lipinski definition) is 4. The summed E-state index contributed by atoms with van der Waals surface area (Å²) < 4.78 is 1.82. The van der Waals surface area contributed by atoms with Gasteiger partial charge in [-0.15, -0.1) is 0 Å². The molecule has 0 aliphatic carbocycles. The molecule has 1 fully saturated rings. The van der Waals surface area contributed by atoms with Crippen LogP contribution in [0.4, 0.5) is 0 Å². The van der Waals surface area contributed by atoms with Crippen molar-refractivity contribution in [3.63, 3.8) is 0 Å². The molecular weight excluding hydrogens is 398 g/mol. The fourth-order valence-electron chi connectivity index (χ4n) is 4.48. The highest BCUT2D eigenvalue weighted by Crippen LogP contribution is 2.28. The summed E-state index contributed by atoms with van der Waals surface area (Å²) >= 11 is 0. The summed E-state index contributed by atoms with van der Waals surface area (Å²) in [7, 11) is 0. The van der Waals surface area contributed by atoms with Gasteiger partial charge in [0.2, 0.25) is 0 Å². The van der Waals surface area contributed by atoms with Crippen molar-refractivity contribution in [2.75, 3.05) is 26.2 Å². The molecule has 1 aliphatic rings. The molecule has 6 nitrogen and oxygen atoms in total. The minimum Gasteiger partial charge on any atom is -0.336 e. The van der Waals surface area contributed by atoms with Gasteiger partial charge in [0.05, 0.1) is 17.0 Å². The van der Waals surface area contributed by atoms with E-state index in [1.54, 1.807) is 6.20 Å². The lowest BCUT2D eigenvalue weighted by Gasteiger charge is -2.35. The van der Waals surface area contributed by atoms with Crippen molar-refractivity contribution in [2.24, 2.45) is 0 Å². The standard InChI is InChI=1S/C26H27N5O/c1-19-24(22-11-7-4-8-12-22)25-27-17-23(20(2)31(25)28-19)26(32)30-15-13-29(14-16-30)18-21-9-5-3-6-10-21/h3-12,17H,13-16,18H2,1-2H3. The number of carbonyl (C=O) groups excluding carboxylic acids is 1. The maximum absolute atomic E-state index is 13.3. The predicted octanol–water partition coefficient (Wildman–Crippen LogP) is 3.97. The van der Waals surface area contributed by atoms with Crippen LogP contribution in [0.25, 0.3) is 16.8 Å². The summed E-state index contributed by atoms with van der Waals surface area (Å²) in [6.45, 7) is 8.04. The van der Waals surface area contributed by atoms with Gasteiger partial charge in [0.25, 0.3) is 5.91 Å². The summed E-state index contributed by atoms with van der Waals surface area (Å²) in [6, 6.07) is 20.6. The van der Waals surface area contributed by atoms with Crippen LogP contribution >= 0.6 is 0 Å². The summed E-state index contributed by atoms with van der Waals surface area (Å²) in [6.07, 6.45) is 1.72. The molecular formula is C26H27N5O. The number of carbonyl (C=O) groups is 1. The zero-order chi connectivity index (χ0) is 22.1. The summed E-state index contributed by atoms with van der Waals surface area (Å²) in [5.41, 5.74) is 6.55. The summed E-state index contributed by atoms with van der Waals surface area (Å²) in [5, 5.41) is 4.71. The number of aromatic nitrogens is 3. The Morgan fingerprint density at radius 1 is 0.906 bits per heavy atom. The lowest BCUT2D eigenvalue weighted by Crippen LogP contribution is -2.48. The van der Waals surface area contributed by atoms with Crippen LogP contribution in [0.3, 0.4) is 0 Å². The molecule has 6 heteroatoms. The molecule has 32 heavy (non-hydrogen) atoms. The highest BCUT2D eigenvalue weighted by Gasteiger charge is 2.25. The Morgan fingerprint density at radius 2 is 1.56 bits per heavy atom. The van der Waals surface area contributed by atoms with Gasteiger partial charge >= 0.3 is 0 Å². The van der Waals surface area contributed by atoms with E-state index in [1.165, 1.54) is 5.56 Å². The number of nitrogens with zero attached hydrogens (tertiary/aromatic N) is 5. The molecule has 0 spiro atoms. The lowest BCUT2D eigenvalue weighted by molar-refractivity contribution is 0.0626. The largest absolute Gasteiger partial charge is 0.336 e. The van der Waals surface area contributed by atoms with Crippen LogP contribution in [0.15, 0.2) is 66.9 Å². The topological polar surface area (TPSA) is 53.7 Å². The monoisotopic (exact) mass is 425 g/mol. The van der Waals surface area contributed by atoms with E-state index in [-0.39, 0.29) is 5.91 Å². The second-order valence-electron chi connectivity index (χ2n) is 8.37. The van der Waals surface area contributed by atoms with Crippen molar-refractivity contribution < 1.29 is 4.79 Å². The first-order valence-corrected chi connectivity index (χ1v) is 11.1. The Bertz CT molecular complexity index is 1240. The quantitative estimate of drug-likeness (QED) is 0.496. The Morgan fingerprint density at radius 3 is 2.25 bits per heavy atom. The van der Waals surface area contributed by atoms with Crippen LogP contribution in [0, 0.1) is 13.8 Å². The van der Waals surface area contributed by atoms with Gasteiger partial charge in [-0.25, -0.2) is 9.50 Å². The minimum atomic E-state index is 0.0330. The molecule has 162 valence electrons. The third kappa shape index (κ3) is 3.78. The van der Waals surface area contributed by atoms with Crippen LogP contribution in [0.1, 0.15) is 27.3 Å². The Balaban J connectivity index is 1.35. The van der Waals surface area contributed by atoms with E-state index in [0.717, 1.165) is 60.9 Å². The van der Waals surface area contributed by atoms with Crippen molar-refractivity contribution >= 4 is 11.6 Å². The molecule has 0 bridgehead atoms. The van der Waals surface area contributed by atoms with Crippen LogP contribution < -0.4 is 0 Å². The van der Waals surface area contributed by atoms with Gasteiger partial charge in [0.1, 0.15) is 0 Å². The number of amides is 1. The Labute approximate surface area is 188 Å². The lowest BCUT2D eigenvalue weighted by atomic mass is 10.1. The van der Waals surface area contributed by atoms with E-state index in [9.17, 15) is 4.79 Å². The number of fused-ring (bicyclic) bond motifs is 1. The molecule has 1 saturated heterocycles. The van der Waals surface area contributed by atoms with Crippen molar-refractivity contribution in [3.8, 4) is 11.1 Å². The molecule has 3 heterocycles. The smallest absolute Gasteiger partial charge is 0.257 e. The zero-order valence-electron chi connectivity index (χ0n) is 18.5. The van der Waals surface area contributed by atoms with E-state index in [4.69, 9.17) is 5.10 Å². The fourth-order valence-corrected chi connectivity index (χ4v) is 4.48. The number of benzene rings is 2. The van der Waals surface area contributed by atoms with Crippen molar-refractivity contribution in [2.45, 2.75) is 20.4 Å². The molecule has 1 amide bonds. The molecule has 2 aromatic carbocycles. The molecule has 0 atom stereocenters. The first-order valence-electron chi connectivity index (χ1n) is 11.1. The van der Waals surface area contributed by atoms with Gasteiger partial charge in [0.15, 0.2) is 5.65 Å². The van der Waals surface area contributed by atoms with Crippen molar-refractivity contribution in [1.82, 2.24) is 24.4 Å². The van der Waals surface area contributed by atoms with Crippen molar-refractivity contribution in [1.29, 1.82) is 0 Å². The normalized spacial score (nSPS) is 14.8. The highest BCUT2D eigenvalue weighted by molar-refractivity contribution is 5.95. The van der Waals surface area contributed by atoms with E-state index in [1.807, 2.05) is 47.5 Å². The van der Waals surface area contributed by atoms with Gasteiger partial charge < -0.3 is 4.90 Å². The van der Waals surface area contributed by atoms with Crippen LogP contribution in [0.5, 0.6) is 0 Å². The van der Waals surface area contributed by atoms with Gasteiger partial charge in [-0.05, 0) is 25.0 Å². The molecule has 4 aromatic rings. The molecule has 0 radical (unpaired) electrons. The molecule has 5 rings (SSSR count). The summed E-state index contributed by atoms with van der Waals surface area (Å²) in [5.74, 6) is 0.0330. The first-order chi connectivity index (χ1) is 15.6. The number of hydrogen-bond donors (Lipinski definition) is 0. The van der Waals surface area contributed by atoms with Gasteiger partial charge in [-0.1, -0.05) is 60.7 Å². The number of piperazine rings is 1. The van der Waals surface area contributed by atoms with Gasteiger partial charge in [-0.2, -0.15) is 5.10 Å². The second-order valence-corrected chi connectivity index (χ2v) is 8.37. The Hall–Kier alpha value is -3.51. The number of aryl methyl sites for hydroxylation is 2. The van der Waals surface area contributed by atoms with Gasteiger partial charge in [0, 0.05) is 44.5 Å². The summed E-state index contributed by atoms with van der Waals surface area (Å²) in [4.78, 5) is 22.3. The SMILES string of the molecule is Cc1nn2c(C)c(C(=O)N3CCN(Cc4ccccc4)CC3)cnc2c1-c1ccccc1. The van der Waals surface area contributed by atoms with Crippen molar-refractivity contribution in [3.05, 3.63) is 89.4 Å². The minimum absolute atomic E-state index is 0.0330. The average molecular weight is 426 g/mol. The third-order valence-corrected chi connectivity index (χ3v) is 6.26. The third-order valence-electron chi connectivity index (χ3n) is 6.26. The van der Waals surface area contributed by atoms with E-state index in [0.29, 0.717) is 5.56 Å². The molecule has 2 aromatic heterocycles. The second kappa shape index (κ2) is 8.55. The fraction of sp³-hybridized carbons (Fsp3) is 0.269. The van der Waals surface area contributed by atoms with E-state index >= 15 is 0 Å². The first kappa shape index (κ1) is 20.4. The maximum atomic E-state index is 13.3. The average Bonchev–Trinajstić information content (AvgIpc) is 3.17. The Kier molecular flexibility index (Phi) is 5.45. The maximum Gasteiger partial charge on any atom is 0.257 e. The van der Waals surface area contributed by atoms with Gasteiger partial charge in [-0.3, -0.25) is 9.69 Å². The van der Waals surface area contributed by atoms with Crippen LogP contribution in [0.2, 0.25) is 0 Å². The predicted molar refractivity (Wildman–Crippen MR) is 126 cm³/mol. The number of rotatable bonds is 4.